The molecule has 0 heterocycles. The van der Waals surface area contributed by atoms with Crippen molar-refractivity contribution in [1.29, 1.82) is 0 Å². The summed E-state index contributed by atoms with van der Waals surface area (Å²) in [6.45, 7) is 1.61. The minimum Gasteiger partial charge on any atom is -0.481 e. The largest absolute Gasteiger partial charge is 0.481 e. The van der Waals surface area contributed by atoms with E-state index in [9.17, 15) is 97.5 Å². The van der Waals surface area contributed by atoms with Crippen LogP contribution in [0.3, 0.4) is 0 Å². The Morgan fingerprint density at radius 3 is 1.14 bits per heavy atom. The number of ketones is 4. The molecule has 0 aromatic heterocycles. The number of hydrogen-bond acceptors (Lipinski definition) is 16. The van der Waals surface area contributed by atoms with Gasteiger partial charge in [-0.2, -0.15) is 0 Å². The molecule has 0 aliphatic rings. The summed E-state index contributed by atoms with van der Waals surface area (Å²) in [6, 6.07) is -3.57. The van der Waals surface area contributed by atoms with Crippen LogP contribution >= 0.6 is 0 Å². The lowest BCUT2D eigenvalue weighted by atomic mass is 9.85. The maximum Gasteiger partial charge on any atom is 0.322 e. The van der Waals surface area contributed by atoms with Crippen molar-refractivity contribution in [2.75, 3.05) is 26.3 Å². The Kier molecular flexibility index (Phi) is 31.4. The van der Waals surface area contributed by atoms with Gasteiger partial charge in [-0.05, 0) is 45.4 Å². The van der Waals surface area contributed by atoms with E-state index < -0.39 is 234 Å². The second kappa shape index (κ2) is 35.0. The van der Waals surface area contributed by atoms with Crippen LogP contribution < -0.4 is 21.3 Å². The highest BCUT2D eigenvalue weighted by Gasteiger charge is 2.35. The van der Waals surface area contributed by atoms with Crippen molar-refractivity contribution >= 4 is 88.5 Å². The first kappa shape index (κ1) is 63.8. The number of nitrogens with one attached hydrogen (secondary N) is 4. The highest BCUT2D eigenvalue weighted by atomic mass is 16.5. The summed E-state index contributed by atoms with van der Waals surface area (Å²) >= 11 is 0. The predicted molar refractivity (Wildman–Crippen MR) is 237 cm³/mol. The number of carbonyl (C=O) groups is 15. The fourth-order valence-corrected chi connectivity index (χ4v) is 6.90. The minimum atomic E-state index is -1.81. The Morgan fingerprint density at radius 1 is 0.394 bits per heavy atom. The van der Waals surface area contributed by atoms with Gasteiger partial charge in [-0.25, -0.2) is 0 Å². The van der Waals surface area contributed by atoms with Crippen molar-refractivity contribution in [1.82, 2.24) is 21.3 Å². The van der Waals surface area contributed by atoms with Gasteiger partial charge in [0.15, 0.2) is 11.6 Å². The average molecular weight is 1020 g/mol. The zero-order chi connectivity index (χ0) is 54.2. The third-order valence-corrected chi connectivity index (χ3v) is 10.7. The highest BCUT2D eigenvalue weighted by Crippen LogP contribution is 2.24. The van der Waals surface area contributed by atoms with E-state index >= 15 is 0 Å². The van der Waals surface area contributed by atoms with Gasteiger partial charge >= 0.3 is 41.8 Å². The Labute approximate surface area is 406 Å². The molecule has 0 saturated heterocycles. The lowest BCUT2D eigenvalue weighted by molar-refractivity contribution is -0.141. The van der Waals surface area contributed by atoms with Gasteiger partial charge in [0.2, 0.25) is 23.6 Å². The molecule has 6 atom stereocenters. The van der Waals surface area contributed by atoms with Crippen LogP contribution in [0, 0.1) is 23.7 Å². The summed E-state index contributed by atoms with van der Waals surface area (Å²) in [4.78, 5) is 187. The number of ether oxygens (including phenoxy) is 1. The third kappa shape index (κ3) is 30.8. The molecule has 0 aromatic carbocycles. The zero-order valence-corrected chi connectivity index (χ0v) is 39.2. The molecule has 11 N–H and O–H groups in total. The summed E-state index contributed by atoms with van der Waals surface area (Å²) in [5.41, 5.74) is 0. The van der Waals surface area contributed by atoms with Gasteiger partial charge in [0.05, 0.1) is 18.7 Å². The number of aliphatic carboxylic acids is 7. The Hall–Kier alpha value is -7.19. The minimum absolute atomic E-state index is 0.160. The molecule has 398 valence electrons. The fraction of sp³-hybridized carbons (Fsp3) is 0.659. The zero-order valence-electron chi connectivity index (χ0n) is 39.2. The molecule has 0 saturated carbocycles. The van der Waals surface area contributed by atoms with Gasteiger partial charge in [-0.1, -0.05) is 0 Å². The summed E-state index contributed by atoms with van der Waals surface area (Å²) in [5, 5.41) is 74.1. The van der Waals surface area contributed by atoms with Crippen LogP contribution in [0.1, 0.15) is 122 Å². The van der Waals surface area contributed by atoms with Crippen molar-refractivity contribution in [2.45, 2.75) is 135 Å². The second-order valence-electron chi connectivity index (χ2n) is 16.4. The van der Waals surface area contributed by atoms with Crippen LogP contribution in [0.25, 0.3) is 0 Å². The standard InChI is InChI=1S/C44H64N4O23/c1-2-71-18-17-45-34(53)10-7-28(49)19-24(3-11-35(54)55)31(50)20-26(5-13-37(58)59)43(69)47-30(9-16-40(64)65)33(52)22-27(6-14-38(60)61)44(70)48-29(8-15-39(62)63)32(51)21-25(4-12-36(56)57)42(68)46-23-41(66)67/h24-27,29-30H,2-23H2,1H3,(H,45,53)(H,46,68)(H,47,69)(H,48,70)(H,54,55)(H,56,57)(H,58,59)(H,60,61)(H,62,63)(H,64,65)(H,66,67). The van der Waals surface area contributed by atoms with E-state index in [-0.39, 0.29) is 26.0 Å². The number of carbonyl (C=O) groups excluding carboxylic acids is 8. The van der Waals surface area contributed by atoms with Crippen LogP contribution in [-0.4, -0.2) is 163 Å². The van der Waals surface area contributed by atoms with Gasteiger partial charge in [-0.15, -0.1) is 0 Å². The maximum absolute atomic E-state index is 13.9. The molecule has 0 aliphatic heterocycles. The average Bonchev–Trinajstić information content (AvgIpc) is 3.28. The van der Waals surface area contributed by atoms with Crippen molar-refractivity contribution in [3.8, 4) is 0 Å². The Morgan fingerprint density at radius 2 is 0.761 bits per heavy atom. The third-order valence-electron chi connectivity index (χ3n) is 10.7. The molecule has 0 spiro atoms. The lowest BCUT2D eigenvalue weighted by Gasteiger charge is -2.25. The second-order valence-corrected chi connectivity index (χ2v) is 16.4. The van der Waals surface area contributed by atoms with E-state index in [1.165, 1.54) is 0 Å². The number of carboxylic acid groups (broad SMARTS) is 7. The van der Waals surface area contributed by atoms with Crippen LogP contribution in [0.5, 0.6) is 0 Å². The van der Waals surface area contributed by atoms with Crippen molar-refractivity contribution < 1.29 is 112 Å². The molecule has 27 nitrogen and oxygen atoms in total. The quantitative estimate of drug-likeness (QED) is 0.0346. The molecule has 0 aliphatic carbocycles. The van der Waals surface area contributed by atoms with Gasteiger partial charge in [0, 0.05) is 114 Å². The van der Waals surface area contributed by atoms with Gasteiger partial charge in [0.1, 0.15) is 18.1 Å². The first-order valence-corrected chi connectivity index (χ1v) is 22.6. The van der Waals surface area contributed by atoms with Gasteiger partial charge in [0.25, 0.3) is 0 Å². The molecule has 71 heavy (non-hydrogen) atoms. The molecular formula is C44H64N4O23. The van der Waals surface area contributed by atoms with E-state index in [4.69, 9.17) is 14.9 Å². The monoisotopic (exact) mass is 1020 g/mol. The Balaban J connectivity index is 6.69. The normalized spacial score (nSPS) is 13.4. The van der Waals surface area contributed by atoms with Crippen molar-refractivity contribution in [3.05, 3.63) is 0 Å². The SMILES string of the molecule is CCOCCNC(=O)CCC(=O)CC(CCC(=O)O)C(=O)CC(CCC(=O)O)C(=O)NC(CCC(=O)O)C(=O)CC(CCC(=O)O)C(=O)NC(CCC(=O)O)C(=O)CC(CCC(=O)O)C(=O)NCC(=O)O. The molecular weight excluding hydrogens is 952 g/mol. The topological polar surface area (TPSA) is 455 Å². The molecule has 0 rings (SSSR count). The van der Waals surface area contributed by atoms with E-state index in [0.717, 1.165) is 0 Å². The van der Waals surface area contributed by atoms with Gasteiger partial charge < -0.3 is 61.7 Å². The van der Waals surface area contributed by atoms with E-state index in [1.807, 2.05) is 5.32 Å². The highest BCUT2D eigenvalue weighted by molar-refractivity contribution is 5.97. The molecule has 0 aromatic rings. The summed E-state index contributed by atoms with van der Waals surface area (Å²) < 4.78 is 5.12. The Bertz CT molecular complexity index is 1940. The van der Waals surface area contributed by atoms with Crippen LogP contribution in [-0.2, 0) is 76.7 Å². The van der Waals surface area contributed by atoms with E-state index in [0.29, 0.717) is 6.61 Å². The molecule has 0 bridgehead atoms. The van der Waals surface area contributed by atoms with Crippen molar-refractivity contribution in [2.24, 2.45) is 23.7 Å². The summed E-state index contributed by atoms with van der Waals surface area (Å²) in [5.74, 6) is -23.8. The van der Waals surface area contributed by atoms with Gasteiger partial charge in [-0.3, -0.25) is 71.9 Å². The smallest absolute Gasteiger partial charge is 0.322 e. The summed E-state index contributed by atoms with van der Waals surface area (Å²) in [6.07, 6.45) is -11.6. The number of amides is 4. The lowest BCUT2D eigenvalue weighted by Crippen LogP contribution is -2.48. The number of rotatable bonds is 43. The molecule has 0 fully saturated rings. The van der Waals surface area contributed by atoms with E-state index in [1.54, 1.807) is 6.92 Å². The van der Waals surface area contributed by atoms with E-state index in [2.05, 4.69) is 16.0 Å². The first-order valence-electron chi connectivity index (χ1n) is 22.6. The summed E-state index contributed by atoms with van der Waals surface area (Å²) in [7, 11) is 0. The first-order chi connectivity index (χ1) is 33.2. The maximum atomic E-state index is 13.9. The fourth-order valence-electron chi connectivity index (χ4n) is 6.90. The number of Topliss-reactive ketones (excluding diaryl/α,β-unsaturated/α-hetero) is 4. The molecule has 27 heteroatoms. The predicted octanol–water partition coefficient (Wildman–Crippen LogP) is -0.420. The van der Waals surface area contributed by atoms with Crippen LogP contribution in [0.4, 0.5) is 0 Å². The molecule has 4 amide bonds. The van der Waals surface area contributed by atoms with Crippen molar-refractivity contribution in [3.63, 3.8) is 0 Å². The van der Waals surface area contributed by atoms with Crippen LogP contribution in [0.15, 0.2) is 0 Å². The molecule has 6 unspecified atom stereocenters. The molecule has 0 radical (unpaired) electrons. The number of carboxylic acids is 7. The van der Waals surface area contributed by atoms with Crippen LogP contribution in [0.2, 0.25) is 0 Å². The number of hydrogen-bond donors (Lipinski definition) is 11.